The maximum absolute atomic E-state index is 12.6. The molecule has 0 radical (unpaired) electrons. The van der Waals surface area contributed by atoms with Gasteiger partial charge in [-0.2, -0.15) is 0 Å². The number of carbonyl (C=O) groups excluding carboxylic acids is 2. The molecule has 0 unspecified atom stereocenters. The molecule has 1 aromatic heterocycles. The Labute approximate surface area is 130 Å². The van der Waals surface area contributed by atoms with Crippen LogP contribution in [-0.2, 0) is 11.8 Å². The summed E-state index contributed by atoms with van der Waals surface area (Å²) < 4.78 is 1.81. The number of rotatable bonds is 1. The molecule has 3 aliphatic rings. The van der Waals surface area contributed by atoms with Crippen LogP contribution in [0.4, 0.5) is 0 Å². The fourth-order valence-corrected chi connectivity index (χ4v) is 4.46. The molecule has 6 heteroatoms. The maximum atomic E-state index is 12.6. The van der Waals surface area contributed by atoms with Crippen molar-refractivity contribution in [1.82, 2.24) is 19.4 Å². The Morgan fingerprint density at radius 2 is 2.18 bits per heavy atom. The van der Waals surface area contributed by atoms with Gasteiger partial charge in [-0.1, -0.05) is 0 Å². The summed E-state index contributed by atoms with van der Waals surface area (Å²) >= 11 is 0. The van der Waals surface area contributed by atoms with Crippen LogP contribution in [0.1, 0.15) is 36.2 Å². The lowest BCUT2D eigenvalue weighted by Crippen LogP contribution is -2.61. The van der Waals surface area contributed by atoms with Gasteiger partial charge in [-0.25, -0.2) is 4.98 Å². The highest BCUT2D eigenvalue weighted by atomic mass is 16.2. The molecule has 3 atom stereocenters. The molecule has 4 rings (SSSR count). The zero-order chi connectivity index (χ0) is 15.3. The summed E-state index contributed by atoms with van der Waals surface area (Å²) in [6, 6.07) is 0.344. The van der Waals surface area contributed by atoms with Crippen molar-refractivity contribution in [2.45, 2.75) is 31.7 Å². The van der Waals surface area contributed by atoms with Crippen LogP contribution in [0.3, 0.4) is 0 Å². The number of hydrogen-bond acceptors (Lipinski definition) is 3. The first-order chi connectivity index (χ1) is 10.6. The third-order valence-corrected chi connectivity index (χ3v) is 5.39. The smallest absolute Gasteiger partial charge is 0.274 e. The van der Waals surface area contributed by atoms with Gasteiger partial charge >= 0.3 is 0 Å². The molecule has 4 heterocycles. The van der Waals surface area contributed by atoms with Gasteiger partial charge < -0.3 is 14.4 Å². The fraction of sp³-hybridized carbons (Fsp3) is 0.688. The first-order valence-electron chi connectivity index (χ1n) is 8.18. The van der Waals surface area contributed by atoms with E-state index in [4.69, 9.17) is 0 Å². The van der Waals surface area contributed by atoms with Crippen LogP contribution in [0.2, 0.25) is 0 Å². The second-order valence-electron chi connectivity index (χ2n) is 7.00. The molecule has 0 aromatic carbocycles. The normalized spacial score (nSPS) is 31.1. The van der Waals surface area contributed by atoms with Crippen molar-refractivity contribution < 1.29 is 9.59 Å². The van der Waals surface area contributed by atoms with Crippen LogP contribution >= 0.6 is 0 Å². The number of nitrogens with zero attached hydrogens (tertiary/aromatic N) is 4. The molecule has 0 saturated carbocycles. The minimum absolute atomic E-state index is 0.0332. The van der Waals surface area contributed by atoms with Gasteiger partial charge in [-0.3, -0.25) is 9.59 Å². The minimum Gasteiger partial charge on any atom is -0.340 e. The Kier molecular flexibility index (Phi) is 3.20. The number of piperidine rings is 3. The fourth-order valence-electron chi connectivity index (χ4n) is 4.46. The summed E-state index contributed by atoms with van der Waals surface area (Å²) in [6.07, 6.45) is 7.39. The molecule has 6 nitrogen and oxygen atoms in total. The molecule has 22 heavy (non-hydrogen) atoms. The summed E-state index contributed by atoms with van der Waals surface area (Å²) in [6.45, 7) is 2.34. The van der Waals surface area contributed by atoms with Crippen molar-refractivity contribution in [2.75, 3.05) is 19.6 Å². The molecule has 3 saturated heterocycles. The Balaban J connectivity index is 1.53. The Bertz CT molecular complexity index is 611. The van der Waals surface area contributed by atoms with Gasteiger partial charge in [0.2, 0.25) is 5.91 Å². The highest BCUT2D eigenvalue weighted by Gasteiger charge is 2.44. The highest BCUT2D eigenvalue weighted by molar-refractivity contribution is 5.92. The number of carbonyl (C=O) groups is 2. The zero-order valence-corrected chi connectivity index (χ0v) is 12.9. The van der Waals surface area contributed by atoms with E-state index in [-0.39, 0.29) is 5.91 Å². The van der Waals surface area contributed by atoms with E-state index >= 15 is 0 Å². The topological polar surface area (TPSA) is 58.4 Å². The SMILES string of the molecule is Cn1cnc(C(=O)N2C[C@H]3C[C@H](C2)[C@H]2CCCC(=O)N2C3)c1. The molecule has 3 aliphatic heterocycles. The molecule has 2 bridgehead atoms. The Morgan fingerprint density at radius 1 is 1.32 bits per heavy atom. The molecule has 0 spiro atoms. The monoisotopic (exact) mass is 302 g/mol. The van der Waals surface area contributed by atoms with E-state index in [0.717, 1.165) is 38.9 Å². The van der Waals surface area contributed by atoms with Gasteiger partial charge in [0.25, 0.3) is 5.91 Å². The molecular weight excluding hydrogens is 280 g/mol. The van der Waals surface area contributed by atoms with Gasteiger partial charge in [0.15, 0.2) is 0 Å². The number of aryl methyl sites for hydroxylation is 1. The summed E-state index contributed by atoms with van der Waals surface area (Å²) in [4.78, 5) is 33.0. The minimum atomic E-state index is 0.0332. The first-order valence-corrected chi connectivity index (χ1v) is 8.18. The number of imidazole rings is 1. The standard InChI is InChI=1S/C16H22N4O2/c1-18-9-13(17-10-18)16(22)19-6-11-5-12(8-19)14-3-2-4-15(21)20(14)7-11/h9-12,14H,2-8H2,1H3/t11-,12-,14-/m1/s1. The van der Waals surface area contributed by atoms with Crippen LogP contribution < -0.4 is 0 Å². The van der Waals surface area contributed by atoms with E-state index in [1.54, 1.807) is 17.1 Å². The van der Waals surface area contributed by atoms with Crippen molar-refractivity contribution >= 4 is 11.8 Å². The quantitative estimate of drug-likeness (QED) is 0.774. The van der Waals surface area contributed by atoms with Crippen molar-refractivity contribution in [3.63, 3.8) is 0 Å². The van der Waals surface area contributed by atoms with Crippen LogP contribution in [0.25, 0.3) is 0 Å². The lowest BCUT2D eigenvalue weighted by Gasteiger charge is -2.52. The number of aromatic nitrogens is 2. The number of amides is 2. The van der Waals surface area contributed by atoms with Crippen LogP contribution in [0.15, 0.2) is 12.5 Å². The van der Waals surface area contributed by atoms with Gasteiger partial charge in [0.1, 0.15) is 5.69 Å². The maximum Gasteiger partial charge on any atom is 0.274 e. The lowest BCUT2D eigenvalue weighted by atomic mass is 9.76. The molecule has 0 N–H and O–H groups in total. The number of fused-ring (bicyclic) bond motifs is 4. The highest BCUT2D eigenvalue weighted by Crippen LogP contribution is 2.38. The lowest BCUT2D eigenvalue weighted by molar-refractivity contribution is -0.144. The summed E-state index contributed by atoms with van der Waals surface area (Å²) in [7, 11) is 1.88. The molecule has 118 valence electrons. The van der Waals surface area contributed by atoms with Crippen molar-refractivity contribution in [1.29, 1.82) is 0 Å². The largest absolute Gasteiger partial charge is 0.340 e. The summed E-state index contributed by atoms with van der Waals surface area (Å²) in [5.74, 6) is 1.20. The molecular formula is C16H22N4O2. The predicted octanol–water partition coefficient (Wildman–Crippen LogP) is 0.893. The zero-order valence-electron chi connectivity index (χ0n) is 12.9. The third-order valence-electron chi connectivity index (χ3n) is 5.39. The second-order valence-corrected chi connectivity index (χ2v) is 7.00. The van der Waals surface area contributed by atoms with E-state index in [1.807, 2.05) is 11.9 Å². The summed E-state index contributed by atoms with van der Waals surface area (Å²) in [5.41, 5.74) is 0.527. The number of likely N-dealkylation sites (tertiary alicyclic amines) is 1. The van der Waals surface area contributed by atoms with Crippen molar-refractivity contribution in [3.05, 3.63) is 18.2 Å². The van der Waals surface area contributed by atoms with Crippen molar-refractivity contribution in [2.24, 2.45) is 18.9 Å². The average molecular weight is 302 g/mol. The second kappa shape index (κ2) is 5.11. The van der Waals surface area contributed by atoms with Crippen molar-refractivity contribution in [3.8, 4) is 0 Å². The van der Waals surface area contributed by atoms with E-state index < -0.39 is 0 Å². The van der Waals surface area contributed by atoms with E-state index in [9.17, 15) is 9.59 Å². The molecule has 1 aromatic rings. The third kappa shape index (κ3) is 2.21. The van der Waals surface area contributed by atoms with E-state index in [2.05, 4.69) is 9.88 Å². The van der Waals surface area contributed by atoms with Crippen LogP contribution in [-0.4, -0.2) is 56.8 Å². The first kappa shape index (κ1) is 13.8. The number of hydrogen-bond donors (Lipinski definition) is 0. The molecule has 3 fully saturated rings. The predicted molar refractivity (Wildman–Crippen MR) is 80.1 cm³/mol. The van der Waals surface area contributed by atoms with Gasteiger partial charge in [-0.05, 0) is 31.1 Å². The average Bonchev–Trinajstić information content (AvgIpc) is 2.94. The van der Waals surface area contributed by atoms with E-state index in [1.165, 1.54) is 0 Å². The molecule has 2 amide bonds. The Morgan fingerprint density at radius 3 is 2.95 bits per heavy atom. The van der Waals surface area contributed by atoms with Gasteiger partial charge in [0.05, 0.1) is 6.33 Å². The van der Waals surface area contributed by atoms with Crippen LogP contribution in [0, 0.1) is 11.8 Å². The van der Waals surface area contributed by atoms with E-state index in [0.29, 0.717) is 35.9 Å². The van der Waals surface area contributed by atoms with Gasteiger partial charge in [-0.15, -0.1) is 0 Å². The van der Waals surface area contributed by atoms with Gasteiger partial charge in [0, 0.05) is 45.3 Å². The Hall–Kier alpha value is -1.85. The van der Waals surface area contributed by atoms with Crippen LogP contribution in [0.5, 0.6) is 0 Å². The molecule has 0 aliphatic carbocycles. The summed E-state index contributed by atoms with van der Waals surface area (Å²) in [5, 5.41) is 0.